The Balaban J connectivity index is 1.27. The number of nitrogens with zero attached hydrogens (tertiary/aromatic N) is 6. The number of fused-ring (bicyclic) bond motifs is 1. The first kappa shape index (κ1) is 24.4. The number of hydrogen-bond donors (Lipinski definition) is 2. The fourth-order valence-electron chi connectivity index (χ4n) is 4.03. The number of nitrogens with one attached hydrogen (secondary N) is 1. The second-order valence-corrected chi connectivity index (χ2v) is 16.4. The number of aromatic nitrogens is 6. The minimum atomic E-state index is -1.15. The van der Waals surface area contributed by atoms with Gasteiger partial charge >= 0.3 is 0 Å². The Bertz CT molecular complexity index is 1370. The highest BCUT2D eigenvalue weighted by Gasteiger charge is 2.26. The minimum absolute atomic E-state index is 0.201. The molecule has 1 fully saturated rings. The van der Waals surface area contributed by atoms with Crippen LogP contribution in [0.1, 0.15) is 30.1 Å². The quantitative estimate of drug-likeness (QED) is 0.235. The highest BCUT2D eigenvalue weighted by Crippen LogP contribution is 2.40. The van der Waals surface area contributed by atoms with Gasteiger partial charge in [-0.15, -0.1) is 0 Å². The van der Waals surface area contributed by atoms with Gasteiger partial charge in [-0.2, -0.15) is 10.1 Å². The molecule has 0 bridgehead atoms. The molecule has 0 spiro atoms. The largest absolute Gasteiger partial charge is 0.383 e. The zero-order valence-corrected chi connectivity index (χ0v) is 22.3. The van der Waals surface area contributed by atoms with Gasteiger partial charge in [-0.05, 0) is 31.0 Å². The topological polar surface area (TPSA) is 111 Å². The molecule has 9 nitrogen and oxygen atoms in total. The van der Waals surface area contributed by atoms with E-state index in [0.29, 0.717) is 47.8 Å². The maximum absolute atomic E-state index is 15.0. The summed E-state index contributed by atoms with van der Waals surface area (Å²) in [7, 11) is 0.637. The number of hydrogen-bond acceptors (Lipinski definition) is 7. The maximum atomic E-state index is 15.0. The molecule has 1 aliphatic rings. The van der Waals surface area contributed by atoms with Crippen LogP contribution in [0, 0.1) is 5.82 Å². The molecular weight excluding hydrogens is 475 g/mol. The lowest BCUT2D eigenvalue weighted by atomic mass is 10.2. The van der Waals surface area contributed by atoms with Crippen LogP contribution >= 0.6 is 0 Å². The monoisotopic (exact) mass is 508 g/mol. The van der Waals surface area contributed by atoms with Crippen LogP contribution in [0.15, 0.2) is 30.6 Å². The number of ether oxygens (including phenoxy) is 1. The van der Waals surface area contributed by atoms with E-state index in [1.54, 1.807) is 18.1 Å². The van der Waals surface area contributed by atoms with Gasteiger partial charge in [0.05, 0.1) is 34.5 Å². The molecule has 4 aromatic rings. The molecule has 1 aliphatic carbocycles. The van der Waals surface area contributed by atoms with E-state index >= 15 is 4.39 Å². The van der Waals surface area contributed by atoms with Crippen LogP contribution in [0.5, 0.6) is 0 Å². The van der Waals surface area contributed by atoms with Crippen LogP contribution in [-0.2, 0) is 18.0 Å². The second kappa shape index (κ2) is 9.62. The molecule has 5 rings (SSSR count). The average molecular weight is 509 g/mol. The van der Waals surface area contributed by atoms with Crippen LogP contribution in [-0.4, -0.2) is 51.4 Å². The van der Waals surface area contributed by atoms with Gasteiger partial charge in [-0.1, -0.05) is 19.6 Å². The Morgan fingerprint density at radius 1 is 1.25 bits per heavy atom. The average Bonchev–Trinajstić information content (AvgIpc) is 3.43. The van der Waals surface area contributed by atoms with E-state index in [1.807, 2.05) is 22.9 Å². The Morgan fingerprint density at radius 2 is 2.06 bits per heavy atom. The van der Waals surface area contributed by atoms with E-state index in [-0.39, 0.29) is 12.4 Å². The van der Waals surface area contributed by atoms with E-state index in [4.69, 9.17) is 10.5 Å². The molecule has 0 aromatic carbocycles. The molecule has 11 heteroatoms. The molecule has 0 atom stereocenters. The summed E-state index contributed by atoms with van der Waals surface area (Å²) < 4.78 is 22.7. The number of halogens is 1. The van der Waals surface area contributed by atoms with Gasteiger partial charge in [-0.25, -0.2) is 14.4 Å². The highest BCUT2D eigenvalue weighted by atomic mass is 28.3. The zero-order chi connectivity index (χ0) is 25.4. The van der Waals surface area contributed by atoms with Crippen molar-refractivity contribution in [2.45, 2.75) is 57.7 Å². The molecule has 36 heavy (non-hydrogen) atoms. The van der Waals surface area contributed by atoms with E-state index in [1.165, 1.54) is 18.9 Å². The standard InChI is InChI=1S/C25H33FN8OSi/c1-33(25-28-13-17(24(27)30-25)21-12-20(31-32-21)16-5-6-16)14-22-18(26)11-23-19(29-22)7-8-34(23)15-35-9-10-36(2,3)4/h7-8,11-13,16H,5-6,9-10,14-15H2,1-4H3,(H,31,32)(H2,27,28,30). The third kappa shape index (κ3) is 5.41. The third-order valence-corrected chi connectivity index (χ3v) is 8.13. The summed E-state index contributed by atoms with van der Waals surface area (Å²) in [6.07, 6.45) is 5.91. The molecular formula is C25H33FN8OSi. The van der Waals surface area contributed by atoms with Gasteiger partial charge in [0, 0.05) is 51.8 Å². The van der Waals surface area contributed by atoms with Gasteiger partial charge in [0.25, 0.3) is 0 Å². The molecule has 3 N–H and O–H groups in total. The van der Waals surface area contributed by atoms with E-state index in [9.17, 15) is 0 Å². The number of pyridine rings is 1. The first-order valence-corrected chi connectivity index (χ1v) is 16.0. The number of rotatable bonds is 10. The first-order valence-electron chi connectivity index (χ1n) is 12.3. The van der Waals surface area contributed by atoms with Crippen molar-refractivity contribution in [1.29, 1.82) is 0 Å². The summed E-state index contributed by atoms with van der Waals surface area (Å²) in [5, 5.41) is 7.44. The van der Waals surface area contributed by atoms with Crippen molar-refractivity contribution in [3.05, 3.63) is 47.8 Å². The SMILES string of the molecule is CN(Cc1nc2ccn(COCC[Si](C)(C)C)c2cc1F)c1ncc(-c2cc(C3CC3)[nH]n2)c(N)n1. The van der Waals surface area contributed by atoms with Crippen LogP contribution in [0.25, 0.3) is 22.3 Å². The lowest BCUT2D eigenvalue weighted by Gasteiger charge is -2.18. The lowest BCUT2D eigenvalue weighted by Crippen LogP contribution is -2.22. The molecule has 4 aromatic heterocycles. The van der Waals surface area contributed by atoms with Gasteiger partial charge < -0.3 is 19.9 Å². The van der Waals surface area contributed by atoms with Crippen LogP contribution in [0.3, 0.4) is 0 Å². The van der Waals surface area contributed by atoms with Crippen molar-refractivity contribution >= 4 is 30.9 Å². The normalized spacial score (nSPS) is 14.0. The number of nitrogen functional groups attached to an aromatic ring is 1. The summed E-state index contributed by atoms with van der Waals surface area (Å²) in [6.45, 7) is 8.24. The number of anilines is 2. The summed E-state index contributed by atoms with van der Waals surface area (Å²) in [4.78, 5) is 15.2. The van der Waals surface area contributed by atoms with Crippen LogP contribution in [0.2, 0.25) is 25.7 Å². The molecule has 190 valence electrons. The van der Waals surface area contributed by atoms with Crippen LogP contribution in [0.4, 0.5) is 16.2 Å². The second-order valence-electron chi connectivity index (χ2n) is 10.8. The Morgan fingerprint density at radius 3 is 2.78 bits per heavy atom. The molecule has 0 unspecified atom stereocenters. The molecule has 0 amide bonds. The van der Waals surface area contributed by atoms with Crippen molar-refractivity contribution in [3.8, 4) is 11.3 Å². The first-order chi connectivity index (χ1) is 17.2. The highest BCUT2D eigenvalue weighted by molar-refractivity contribution is 6.76. The summed E-state index contributed by atoms with van der Waals surface area (Å²) >= 11 is 0. The predicted molar refractivity (Wildman–Crippen MR) is 142 cm³/mol. The van der Waals surface area contributed by atoms with Gasteiger partial charge in [0.15, 0.2) is 0 Å². The predicted octanol–water partition coefficient (Wildman–Crippen LogP) is 4.76. The van der Waals surface area contributed by atoms with Crippen LogP contribution < -0.4 is 10.6 Å². The number of nitrogens with two attached hydrogens (primary N) is 1. The maximum Gasteiger partial charge on any atom is 0.227 e. The van der Waals surface area contributed by atoms with Gasteiger partial charge in [0.2, 0.25) is 5.95 Å². The van der Waals surface area contributed by atoms with E-state index in [2.05, 4.69) is 44.8 Å². The summed E-state index contributed by atoms with van der Waals surface area (Å²) in [5.74, 6) is 0.905. The molecule has 0 saturated heterocycles. The van der Waals surface area contributed by atoms with Crippen molar-refractivity contribution in [3.63, 3.8) is 0 Å². The molecule has 0 radical (unpaired) electrons. The summed E-state index contributed by atoms with van der Waals surface area (Å²) in [5.41, 5.74) is 10.5. The van der Waals surface area contributed by atoms with E-state index < -0.39 is 8.07 Å². The van der Waals surface area contributed by atoms with Crippen molar-refractivity contribution in [2.24, 2.45) is 0 Å². The fraction of sp³-hybridized carbons (Fsp3) is 0.440. The Kier molecular flexibility index (Phi) is 6.52. The lowest BCUT2D eigenvalue weighted by molar-refractivity contribution is 0.0902. The summed E-state index contributed by atoms with van der Waals surface area (Å²) in [6, 6.07) is 6.49. The number of aromatic amines is 1. The third-order valence-electron chi connectivity index (χ3n) is 6.43. The Labute approximate surface area is 210 Å². The van der Waals surface area contributed by atoms with Crippen molar-refractivity contribution in [2.75, 3.05) is 24.3 Å². The van der Waals surface area contributed by atoms with Gasteiger partial charge in [-0.3, -0.25) is 5.10 Å². The van der Waals surface area contributed by atoms with Crippen molar-refractivity contribution < 1.29 is 9.13 Å². The fourth-order valence-corrected chi connectivity index (χ4v) is 4.79. The zero-order valence-electron chi connectivity index (χ0n) is 21.3. The number of H-pyrrole nitrogens is 1. The molecule has 1 saturated carbocycles. The van der Waals surface area contributed by atoms with E-state index in [0.717, 1.165) is 22.9 Å². The van der Waals surface area contributed by atoms with Gasteiger partial charge in [0.1, 0.15) is 18.4 Å². The molecule has 4 heterocycles. The van der Waals surface area contributed by atoms with Crippen molar-refractivity contribution in [1.82, 2.24) is 29.7 Å². The molecule has 0 aliphatic heterocycles. The Hall–Kier alpha value is -3.31. The smallest absolute Gasteiger partial charge is 0.227 e. The minimum Gasteiger partial charge on any atom is -0.383 e.